The maximum Gasteiger partial charge on any atom is 0.131 e. The minimum absolute atomic E-state index is 0.0968. The standard InChI is InChI=1S/C14H15ClN2O/c1-9(2)18-13-6-4-3-5-11(13)12-7-10(15)8-17-14(12)16/h3-9H,1-2H3,(H2,16,17). The van der Waals surface area contributed by atoms with Crippen molar-refractivity contribution in [2.45, 2.75) is 20.0 Å². The van der Waals surface area contributed by atoms with E-state index in [1.165, 1.54) is 6.20 Å². The van der Waals surface area contributed by atoms with Crippen molar-refractivity contribution in [3.05, 3.63) is 41.6 Å². The third-order valence-corrected chi connectivity index (χ3v) is 2.63. The average molecular weight is 263 g/mol. The van der Waals surface area contributed by atoms with E-state index in [0.29, 0.717) is 10.8 Å². The average Bonchev–Trinajstić information content (AvgIpc) is 2.32. The van der Waals surface area contributed by atoms with Crippen LogP contribution in [0.1, 0.15) is 13.8 Å². The number of hydrogen-bond donors (Lipinski definition) is 1. The molecule has 94 valence electrons. The molecule has 0 saturated carbocycles. The lowest BCUT2D eigenvalue weighted by Gasteiger charge is -2.15. The first-order valence-corrected chi connectivity index (χ1v) is 6.13. The van der Waals surface area contributed by atoms with Gasteiger partial charge in [-0.3, -0.25) is 0 Å². The molecule has 2 N–H and O–H groups in total. The molecule has 1 heterocycles. The molecular weight excluding hydrogens is 248 g/mol. The van der Waals surface area contributed by atoms with Gasteiger partial charge in [-0.1, -0.05) is 29.8 Å². The number of para-hydroxylation sites is 1. The van der Waals surface area contributed by atoms with E-state index in [1.807, 2.05) is 38.1 Å². The van der Waals surface area contributed by atoms with Crippen LogP contribution in [0.3, 0.4) is 0 Å². The molecule has 0 spiro atoms. The van der Waals surface area contributed by atoms with Crippen LogP contribution >= 0.6 is 11.6 Å². The summed E-state index contributed by atoms with van der Waals surface area (Å²) in [5.74, 6) is 1.22. The number of anilines is 1. The van der Waals surface area contributed by atoms with Gasteiger partial charge in [0.2, 0.25) is 0 Å². The fraction of sp³-hybridized carbons (Fsp3) is 0.214. The van der Waals surface area contributed by atoms with Gasteiger partial charge in [-0.25, -0.2) is 4.98 Å². The van der Waals surface area contributed by atoms with E-state index in [2.05, 4.69) is 4.98 Å². The van der Waals surface area contributed by atoms with E-state index >= 15 is 0 Å². The Bertz CT molecular complexity index is 555. The SMILES string of the molecule is CC(C)Oc1ccccc1-c1cc(Cl)cnc1N. The Kier molecular flexibility index (Phi) is 3.72. The molecule has 0 fully saturated rings. The van der Waals surface area contributed by atoms with Gasteiger partial charge in [0.15, 0.2) is 0 Å². The van der Waals surface area contributed by atoms with Gasteiger partial charge in [-0.05, 0) is 26.0 Å². The number of pyridine rings is 1. The minimum atomic E-state index is 0.0968. The number of nitrogen functional groups attached to an aromatic ring is 1. The molecule has 0 atom stereocenters. The molecule has 3 nitrogen and oxygen atoms in total. The number of rotatable bonds is 3. The first-order chi connectivity index (χ1) is 8.58. The first-order valence-electron chi connectivity index (χ1n) is 5.75. The summed E-state index contributed by atoms with van der Waals surface area (Å²) in [6, 6.07) is 9.52. The molecule has 0 aliphatic rings. The molecule has 4 heteroatoms. The molecular formula is C14H15ClN2O. The summed E-state index contributed by atoms with van der Waals surface area (Å²) in [4.78, 5) is 4.07. The fourth-order valence-corrected chi connectivity index (χ4v) is 1.87. The molecule has 0 aliphatic heterocycles. The van der Waals surface area contributed by atoms with Crippen LogP contribution in [-0.2, 0) is 0 Å². The second-order valence-corrected chi connectivity index (χ2v) is 4.69. The van der Waals surface area contributed by atoms with Gasteiger partial charge in [-0.2, -0.15) is 0 Å². The summed E-state index contributed by atoms with van der Waals surface area (Å²) in [6.07, 6.45) is 1.63. The summed E-state index contributed by atoms with van der Waals surface area (Å²) in [5.41, 5.74) is 7.59. The molecule has 0 bridgehead atoms. The second-order valence-electron chi connectivity index (χ2n) is 4.25. The van der Waals surface area contributed by atoms with Crippen LogP contribution in [-0.4, -0.2) is 11.1 Å². The largest absolute Gasteiger partial charge is 0.490 e. The molecule has 18 heavy (non-hydrogen) atoms. The Hall–Kier alpha value is -1.74. The topological polar surface area (TPSA) is 48.1 Å². The Labute approximate surface area is 112 Å². The van der Waals surface area contributed by atoms with E-state index in [0.717, 1.165) is 16.9 Å². The maximum absolute atomic E-state index is 5.97. The molecule has 1 aromatic heterocycles. The zero-order valence-electron chi connectivity index (χ0n) is 10.4. The predicted molar refractivity (Wildman–Crippen MR) is 74.9 cm³/mol. The highest BCUT2D eigenvalue weighted by Crippen LogP contribution is 2.34. The van der Waals surface area contributed by atoms with Crippen LogP contribution in [0, 0.1) is 0 Å². The van der Waals surface area contributed by atoms with Gasteiger partial charge in [0.1, 0.15) is 11.6 Å². The van der Waals surface area contributed by atoms with Crippen molar-refractivity contribution >= 4 is 17.4 Å². The minimum Gasteiger partial charge on any atom is -0.490 e. The number of aromatic nitrogens is 1. The summed E-state index contributed by atoms with van der Waals surface area (Å²) in [7, 11) is 0. The molecule has 0 unspecified atom stereocenters. The van der Waals surface area contributed by atoms with E-state index in [9.17, 15) is 0 Å². The smallest absolute Gasteiger partial charge is 0.131 e. The van der Waals surface area contributed by atoms with Crippen molar-refractivity contribution in [2.75, 3.05) is 5.73 Å². The summed E-state index contributed by atoms with van der Waals surface area (Å²) in [6.45, 7) is 3.96. The summed E-state index contributed by atoms with van der Waals surface area (Å²) < 4.78 is 5.77. The second kappa shape index (κ2) is 5.27. The fourth-order valence-electron chi connectivity index (χ4n) is 1.71. The predicted octanol–water partition coefficient (Wildman–Crippen LogP) is 3.77. The lowest BCUT2D eigenvalue weighted by atomic mass is 10.1. The molecule has 0 aliphatic carbocycles. The first kappa shape index (κ1) is 12.7. The molecule has 2 rings (SSSR count). The molecule has 0 amide bonds. The molecule has 2 aromatic rings. The van der Waals surface area contributed by atoms with Crippen LogP contribution in [0.25, 0.3) is 11.1 Å². The van der Waals surface area contributed by atoms with Gasteiger partial charge in [0.25, 0.3) is 0 Å². The van der Waals surface area contributed by atoms with Crippen molar-refractivity contribution in [3.63, 3.8) is 0 Å². The Morgan fingerprint density at radius 2 is 1.94 bits per heavy atom. The van der Waals surface area contributed by atoms with Crippen LogP contribution in [0.4, 0.5) is 5.82 Å². The number of nitrogens with two attached hydrogens (primary N) is 1. The van der Waals surface area contributed by atoms with Gasteiger partial charge in [0, 0.05) is 17.3 Å². The van der Waals surface area contributed by atoms with Gasteiger partial charge in [-0.15, -0.1) is 0 Å². The van der Waals surface area contributed by atoms with Gasteiger partial charge >= 0.3 is 0 Å². The van der Waals surface area contributed by atoms with Crippen molar-refractivity contribution in [3.8, 4) is 16.9 Å². The molecule has 0 radical (unpaired) electrons. The monoisotopic (exact) mass is 262 g/mol. The number of ether oxygens (including phenoxy) is 1. The number of nitrogens with zero attached hydrogens (tertiary/aromatic N) is 1. The van der Waals surface area contributed by atoms with Crippen molar-refractivity contribution in [1.29, 1.82) is 0 Å². The Morgan fingerprint density at radius 3 is 2.67 bits per heavy atom. The van der Waals surface area contributed by atoms with Crippen molar-refractivity contribution in [1.82, 2.24) is 4.98 Å². The number of halogens is 1. The molecule has 1 aromatic carbocycles. The van der Waals surface area contributed by atoms with E-state index in [4.69, 9.17) is 22.1 Å². The summed E-state index contributed by atoms with van der Waals surface area (Å²) >= 11 is 5.97. The van der Waals surface area contributed by atoms with Crippen molar-refractivity contribution < 1.29 is 4.74 Å². The lowest BCUT2D eigenvalue weighted by molar-refractivity contribution is 0.243. The molecule has 0 saturated heterocycles. The normalized spacial score (nSPS) is 10.7. The zero-order valence-corrected chi connectivity index (χ0v) is 11.1. The Morgan fingerprint density at radius 1 is 1.22 bits per heavy atom. The van der Waals surface area contributed by atoms with Gasteiger partial charge in [0.05, 0.1) is 11.1 Å². The van der Waals surface area contributed by atoms with Crippen LogP contribution < -0.4 is 10.5 Å². The van der Waals surface area contributed by atoms with Crippen molar-refractivity contribution in [2.24, 2.45) is 0 Å². The van der Waals surface area contributed by atoms with E-state index in [-0.39, 0.29) is 6.10 Å². The zero-order chi connectivity index (χ0) is 13.1. The van der Waals surface area contributed by atoms with Crippen LogP contribution in [0.5, 0.6) is 5.75 Å². The third kappa shape index (κ3) is 2.74. The Balaban J connectivity index is 2.53. The quantitative estimate of drug-likeness (QED) is 0.916. The van der Waals surface area contributed by atoms with Crippen LogP contribution in [0.2, 0.25) is 5.02 Å². The van der Waals surface area contributed by atoms with Crippen LogP contribution in [0.15, 0.2) is 36.5 Å². The highest BCUT2D eigenvalue weighted by molar-refractivity contribution is 6.30. The maximum atomic E-state index is 5.97. The number of benzene rings is 1. The van der Waals surface area contributed by atoms with E-state index in [1.54, 1.807) is 6.07 Å². The lowest BCUT2D eigenvalue weighted by Crippen LogP contribution is -2.06. The highest BCUT2D eigenvalue weighted by Gasteiger charge is 2.11. The summed E-state index contributed by atoms with van der Waals surface area (Å²) in [5, 5.41) is 0.554. The number of hydrogen-bond acceptors (Lipinski definition) is 3. The van der Waals surface area contributed by atoms with Gasteiger partial charge < -0.3 is 10.5 Å². The highest BCUT2D eigenvalue weighted by atomic mass is 35.5. The van der Waals surface area contributed by atoms with E-state index < -0.39 is 0 Å². The third-order valence-electron chi connectivity index (χ3n) is 2.43.